The fraction of sp³-hybridized carbons (Fsp3) is 0.400. The lowest BCUT2D eigenvalue weighted by molar-refractivity contribution is 0.0786. The molecule has 3 rings (SSSR count). The third-order valence-electron chi connectivity index (χ3n) is 3.68. The lowest BCUT2D eigenvalue weighted by Gasteiger charge is -2.17. The van der Waals surface area contributed by atoms with Crippen molar-refractivity contribution in [3.63, 3.8) is 0 Å². The van der Waals surface area contributed by atoms with Crippen LogP contribution >= 0.6 is 0 Å². The van der Waals surface area contributed by atoms with Crippen molar-refractivity contribution in [1.29, 1.82) is 0 Å². The topological polar surface area (TPSA) is 51.0 Å². The summed E-state index contributed by atoms with van der Waals surface area (Å²) < 4.78 is 0. The Balaban J connectivity index is 1.75. The minimum absolute atomic E-state index is 0.103. The highest BCUT2D eigenvalue weighted by atomic mass is 16.2. The standard InChI is InChI=1S/C15H18N4O/c1-11-7-12(2)9-13(8-11)15(20)18-6-3-14(10-18)19-16-4-5-17-19/h4-5,7-9,14H,3,6,10H2,1-2H3/t14-/m1/s1. The Morgan fingerprint density at radius 2 is 1.80 bits per heavy atom. The number of likely N-dealkylation sites (tertiary alicyclic amines) is 1. The highest BCUT2D eigenvalue weighted by Crippen LogP contribution is 2.22. The molecule has 1 aromatic heterocycles. The molecule has 1 saturated heterocycles. The van der Waals surface area contributed by atoms with Gasteiger partial charge in [0.1, 0.15) is 0 Å². The summed E-state index contributed by atoms with van der Waals surface area (Å²) in [6.07, 6.45) is 4.26. The number of nitrogens with zero attached hydrogens (tertiary/aromatic N) is 4. The Labute approximate surface area is 118 Å². The number of amides is 1. The molecule has 0 unspecified atom stereocenters. The second kappa shape index (κ2) is 5.07. The van der Waals surface area contributed by atoms with Gasteiger partial charge >= 0.3 is 0 Å². The summed E-state index contributed by atoms with van der Waals surface area (Å²) in [5.74, 6) is 0.103. The van der Waals surface area contributed by atoms with Crippen LogP contribution in [0, 0.1) is 13.8 Å². The normalized spacial score (nSPS) is 18.5. The van der Waals surface area contributed by atoms with E-state index < -0.39 is 0 Å². The van der Waals surface area contributed by atoms with E-state index >= 15 is 0 Å². The van der Waals surface area contributed by atoms with Crippen LogP contribution in [0.1, 0.15) is 33.9 Å². The lowest BCUT2D eigenvalue weighted by atomic mass is 10.1. The van der Waals surface area contributed by atoms with Gasteiger partial charge in [-0.15, -0.1) is 0 Å². The van der Waals surface area contributed by atoms with Crippen molar-refractivity contribution in [1.82, 2.24) is 19.9 Å². The van der Waals surface area contributed by atoms with Gasteiger partial charge in [0.15, 0.2) is 0 Å². The number of benzene rings is 1. The zero-order chi connectivity index (χ0) is 14.1. The average molecular weight is 270 g/mol. The van der Waals surface area contributed by atoms with Crippen LogP contribution in [0.25, 0.3) is 0 Å². The minimum Gasteiger partial charge on any atom is -0.336 e. The van der Waals surface area contributed by atoms with Crippen LogP contribution < -0.4 is 0 Å². The summed E-state index contributed by atoms with van der Waals surface area (Å²) in [7, 11) is 0. The molecule has 0 N–H and O–H groups in total. The minimum atomic E-state index is 0.103. The Bertz CT molecular complexity index is 601. The van der Waals surface area contributed by atoms with E-state index in [0.717, 1.165) is 29.7 Å². The predicted molar refractivity (Wildman–Crippen MR) is 75.5 cm³/mol. The Morgan fingerprint density at radius 3 is 2.45 bits per heavy atom. The molecule has 2 heterocycles. The van der Waals surface area contributed by atoms with Gasteiger partial charge in [0.25, 0.3) is 5.91 Å². The van der Waals surface area contributed by atoms with Crippen molar-refractivity contribution < 1.29 is 4.79 Å². The highest BCUT2D eigenvalue weighted by Gasteiger charge is 2.29. The van der Waals surface area contributed by atoms with Gasteiger partial charge in [-0.25, -0.2) is 0 Å². The molecule has 20 heavy (non-hydrogen) atoms. The molecule has 0 radical (unpaired) electrons. The van der Waals surface area contributed by atoms with Crippen molar-refractivity contribution in [2.24, 2.45) is 0 Å². The van der Waals surface area contributed by atoms with Gasteiger partial charge in [-0.1, -0.05) is 17.2 Å². The third kappa shape index (κ3) is 2.43. The van der Waals surface area contributed by atoms with Crippen LogP contribution in [0.5, 0.6) is 0 Å². The number of carbonyl (C=O) groups is 1. The number of rotatable bonds is 2. The zero-order valence-electron chi connectivity index (χ0n) is 11.8. The van der Waals surface area contributed by atoms with Gasteiger partial charge in [-0.2, -0.15) is 15.0 Å². The van der Waals surface area contributed by atoms with Crippen molar-refractivity contribution in [3.05, 3.63) is 47.3 Å². The molecule has 1 aliphatic heterocycles. The summed E-state index contributed by atoms with van der Waals surface area (Å²) in [5.41, 5.74) is 3.02. The zero-order valence-corrected chi connectivity index (χ0v) is 11.8. The largest absolute Gasteiger partial charge is 0.336 e. The first-order chi connectivity index (χ1) is 9.63. The van der Waals surface area contributed by atoms with Gasteiger partial charge < -0.3 is 4.90 Å². The second-order valence-electron chi connectivity index (χ2n) is 5.42. The van der Waals surface area contributed by atoms with Gasteiger partial charge in [-0.05, 0) is 32.4 Å². The Morgan fingerprint density at radius 1 is 1.15 bits per heavy atom. The third-order valence-corrected chi connectivity index (χ3v) is 3.68. The summed E-state index contributed by atoms with van der Waals surface area (Å²) in [4.78, 5) is 16.1. The van der Waals surface area contributed by atoms with E-state index in [1.165, 1.54) is 0 Å². The van der Waals surface area contributed by atoms with Gasteiger partial charge in [0, 0.05) is 18.7 Å². The van der Waals surface area contributed by atoms with E-state index in [1.54, 1.807) is 17.2 Å². The first-order valence-corrected chi connectivity index (χ1v) is 6.87. The Hall–Kier alpha value is -2.17. The summed E-state index contributed by atoms with van der Waals surface area (Å²) in [6.45, 7) is 5.48. The van der Waals surface area contributed by atoms with Crippen LogP contribution in [0.15, 0.2) is 30.6 Å². The maximum Gasteiger partial charge on any atom is 0.253 e. The number of carbonyl (C=O) groups excluding carboxylic acids is 1. The summed E-state index contributed by atoms with van der Waals surface area (Å²) in [5, 5.41) is 8.32. The van der Waals surface area contributed by atoms with E-state index in [2.05, 4.69) is 16.3 Å². The smallest absolute Gasteiger partial charge is 0.253 e. The average Bonchev–Trinajstić information content (AvgIpc) is 3.07. The van der Waals surface area contributed by atoms with Crippen LogP contribution in [0.3, 0.4) is 0 Å². The van der Waals surface area contributed by atoms with E-state index in [0.29, 0.717) is 6.54 Å². The van der Waals surface area contributed by atoms with E-state index in [4.69, 9.17) is 0 Å². The molecule has 1 atom stereocenters. The Kier molecular flexibility index (Phi) is 3.26. The fourth-order valence-electron chi connectivity index (χ4n) is 2.81. The highest BCUT2D eigenvalue weighted by molar-refractivity contribution is 5.94. The molecular formula is C15H18N4O. The van der Waals surface area contributed by atoms with Crippen LogP contribution in [0.2, 0.25) is 0 Å². The summed E-state index contributed by atoms with van der Waals surface area (Å²) >= 11 is 0. The molecule has 0 saturated carbocycles. The summed E-state index contributed by atoms with van der Waals surface area (Å²) in [6, 6.07) is 6.18. The molecule has 104 valence electrons. The molecule has 2 aromatic rings. The van der Waals surface area contributed by atoms with E-state index in [1.807, 2.05) is 30.9 Å². The van der Waals surface area contributed by atoms with E-state index in [-0.39, 0.29) is 11.9 Å². The van der Waals surface area contributed by atoms with Crippen molar-refractivity contribution in [3.8, 4) is 0 Å². The van der Waals surface area contributed by atoms with Gasteiger partial charge in [-0.3, -0.25) is 4.79 Å². The van der Waals surface area contributed by atoms with Crippen molar-refractivity contribution in [2.45, 2.75) is 26.3 Å². The van der Waals surface area contributed by atoms with Crippen molar-refractivity contribution >= 4 is 5.91 Å². The first-order valence-electron chi connectivity index (χ1n) is 6.87. The van der Waals surface area contributed by atoms with Gasteiger partial charge in [0.05, 0.1) is 18.4 Å². The molecule has 0 spiro atoms. The number of hydrogen-bond acceptors (Lipinski definition) is 3. The molecule has 1 amide bonds. The maximum atomic E-state index is 12.5. The monoisotopic (exact) mass is 270 g/mol. The van der Waals surface area contributed by atoms with Crippen LogP contribution in [0.4, 0.5) is 0 Å². The first kappa shape index (κ1) is 12.8. The molecule has 0 bridgehead atoms. The number of hydrogen-bond donors (Lipinski definition) is 0. The molecule has 5 heteroatoms. The van der Waals surface area contributed by atoms with Crippen molar-refractivity contribution in [2.75, 3.05) is 13.1 Å². The fourth-order valence-corrected chi connectivity index (χ4v) is 2.81. The quantitative estimate of drug-likeness (QED) is 0.838. The molecular weight excluding hydrogens is 252 g/mol. The number of aryl methyl sites for hydroxylation is 2. The van der Waals surface area contributed by atoms with E-state index in [9.17, 15) is 4.79 Å². The molecule has 1 fully saturated rings. The molecule has 1 aromatic carbocycles. The number of aromatic nitrogens is 3. The lowest BCUT2D eigenvalue weighted by Crippen LogP contribution is -2.29. The molecule has 0 aliphatic carbocycles. The molecule has 1 aliphatic rings. The molecule has 5 nitrogen and oxygen atoms in total. The SMILES string of the molecule is Cc1cc(C)cc(C(=O)N2CC[C@@H](n3nccn3)C2)c1. The predicted octanol–water partition coefficient (Wildman–Crippen LogP) is 1.98. The second-order valence-corrected chi connectivity index (χ2v) is 5.42. The van der Waals surface area contributed by atoms with Crippen LogP contribution in [-0.2, 0) is 0 Å². The van der Waals surface area contributed by atoms with Gasteiger partial charge in [0.2, 0.25) is 0 Å². The van der Waals surface area contributed by atoms with Crippen LogP contribution in [-0.4, -0.2) is 38.9 Å². The maximum absolute atomic E-state index is 12.5.